The van der Waals surface area contributed by atoms with E-state index in [4.69, 9.17) is 9.84 Å². The molecule has 28 heavy (non-hydrogen) atoms. The van der Waals surface area contributed by atoms with Gasteiger partial charge >= 0.3 is 11.9 Å². The van der Waals surface area contributed by atoms with Crippen LogP contribution in [0.1, 0.15) is 135 Å². The molecule has 0 fully saturated rings. The number of carboxylic acids is 1. The van der Waals surface area contributed by atoms with E-state index in [0.717, 1.165) is 38.5 Å². The van der Waals surface area contributed by atoms with Gasteiger partial charge in [-0.05, 0) is 19.3 Å². The van der Waals surface area contributed by atoms with Crippen molar-refractivity contribution in [3.8, 4) is 0 Å². The first kappa shape index (κ1) is 26.9. The Bertz CT molecular complexity index is 355. The standard InChI is InChI=1S/C24H46O4/c1-2-3-22-28-24(27)21-19-17-15-13-11-9-7-5-4-6-8-10-12-14-16-18-20-23(25)26/h2-22H2,1H3,(H,25,26). The first-order valence-electron chi connectivity index (χ1n) is 12.0. The molecular formula is C24H46O4. The lowest BCUT2D eigenvalue weighted by Crippen LogP contribution is -2.05. The zero-order valence-corrected chi connectivity index (χ0v) is 18.5. The first-order valence-corrected chi connectivity index (χ1v) is 12.0. The van der Waals surface area contributed by atoms with Crippen LogP contribution in [0.5, 0.6) is 0 Å². The Kier molecular flexibility index (Phi) is 21.4. The van der Waals surface area contributed by atoms with Gasteiger partial charge in [-0.1, -0.05) is 103 Å². The van der Waals surface area contributed by atoms with Gasteiger partial charge in [0.25, 0.3) is 0 Å². The summed E-state index contributed by atoms with van der Waals surface area (Å²) in [6.07, 6.45) is 22.7. The molecule has 0 atom stereocenters. The van der Waals surface area contributed by atoms with Gasteiger partial charge in [0.15, 0.2) is 0 Å². The summed E-state index contributed by atoms with van der Waals surface area (Å²) in [5.74, 6) is -0.689. The number of carboxylic acid groups (broad SMARTS) is 1. The van der Waals surface area contributed by atoms with Gasteiger partial charge in [-0.3, -0.25) is 9.59 Å². The first-order chi connectivity index (χ1) is 13.7. The van der Waals surface area contributed by atoms with Crippen LogP contribution >= 0.6 is 0 Å². The molecule has 0 aromatic carbocycles. The summed E-state index contributed by atoms with van der Waals surface area (Å²) in [7, 11) is 0. The second kappa shape index (κ2) is 22.2. The zero-order valence-electron chi connectivity index (χ0n) is 18.5. The van der Waals surface area contributed by atoms with Crippen molar-refractivity contribution in [1.82, 2.24) is 0 Å². The third-order valence-electron chi connectivity index (χ3n) is 5.28. The van der Waals surface area contributed by atoms with E-state index in [0.29, 0.717) is 19.4 Å². The van der Waals surface area contributed by atoms with Crippen LogP contribution < -0.4 is 0 Å². The van der Waals surface area contributed by atoms with E-state index in [-0.39, 0.29) is 5.97 Å². The minimum absolute atomic E-state index is 0.0216. The summed E-state index contributed by atoms with van der Waals surface area (Å²) < 4.78 is 5.16. The second-order valence-electron chi connectivity index (χ2n) is 8.12. The lowest BCUT2D eigenvalue weighted by atomic mass is 10.0. The van der Waals surface area contributed by atoms with Crippen LogP contribution in [0.4, 0.5) is 0 Å². The van der Waals surface area contributed by atoms with E-state index in [1.807, 2.05) is 0 Å². The molecular weight excluding hydrogens is 352 g/mol. The van der Waals surface area contributed by atoms with Crippen molar-refractivity contribution < 1.29 is 19.4 Å². The van der Waals surface area contributed by atoms with Crippen molar-refractivity contribution >= 4 is 11.9 Å². The molecule has 0 aliphatic carbocycles. The lowest BCUT2D eigenvalue weighted by Gasteiger charge is -2.04. The third kappa shape index (κ3) is 23.0. The van der Waals surface area contributed by atoms with Crippen LogP contribution in [0.25, 0.3) is 0 Å². The topological polar surface area (TPSA) is 63.6 Å². The molecule has 1 N–H and O–H groups in total. The highest BCUT2D eigenvalue weighted by Gasteiger charge is 2.02. The number of ether oxygens (including phenoxy) is 1. The predicted octanol–water partition coefficient (Wildman–Crippen LogP) is 7.44. The largest absolute Gasteiger partial charge is 0.481 e. The Morgan fingerprint density at radius 2 is 0.929 bits per heavy atom. The molecule has 0 unspecified atom stereocenters. The second-order valence-corrected chi connectivity index (χ2v) is 8.12. The Morgan fingerprint density at radius 1 is 0.571 bits per heavy atom. The van der Waals surface area contributed by atoms with Gasteiger partial charge in [0.2, 0.25) is 0 Å². The number of hydrogen-bond acceptors (Lipinski definition) is 3. The number of aliphatic carboxylic acids is 1. The van der Waals surface area contributed by atoms with Crippen molar-refractivity contribution in [1.29, 1.82) is 0 Å². The number of rotatable bonds is 22. The number of unbranched alkanes of at least 4 members (excludes halogenated alkanes) is 16. The molecule has 0 amide bonds. The molecule has 0 aliphatic heterocycles. The fourth-order valence-corrected chi connectivity index (χ4v) is 3.42. The zero-order chi connectivity index (χ0) is 20.7. The van der Waals surface area contributed by atoms with Crippen LogP contribution in [0.2, 0.25) is 0 Å². The minimum Gasteiger partial charge on any atom is -0.481 e. The Balaban J connectivity index is 3.08. The molecule has 0 saturated carbocycles. The average Bonchev–Trinajstić information content (AvgIpc) is 2.67. The van der Waals surface area contributed by atoms with E-state index < -0.39 is 5.97 Å². The molecule has 4 heteroatoms. The van der Waals surface area contributed by atoms with Crippen LogP contribution in [0, 0.1) is 0 Å². The highest BCUT2D eigenvalue weighted by Crippen LogP contribution is 2.14. The fourth-order valence-electron chi connectivity index (χ4n) is 3.42. The monoisotopic (exact) mass is 398 g/mol. The maximum atomic E-state index is 11.5. The van der Waals surface area contributed by atoms with Crippen LogP contribution in [-0.2, 0) is 14.3 Å². The van der Waals surface area contributed by atoms with Gasteiger partial charge < -0.3 is 9.84 Å². The van der Waals surface area contributed by atoms with Crippen molar-refractivity contribution in [2.75, 3.05) is 6.61 Å². The third-order valence-corrected chi connectivity index (χ3v) is 5.28. The molecule has 0 aromatic rings. The highest BCUT2D eigenvalue weighted by molar-refractivity contribution is 5.69. The van der Waals surface area contributed by atoms with Gasteiger partial charge in [0, 0.05) is 12.8 Å². The number of carbonyl (C=O) groups is 2. The van der Waals surface area contributed by atoms with Crippen molar-refractivity contribution in [3.63, 3.8) is 0 Å². The molecule has 166 valence electrons. The van der Waals surface area contributed by atoms with Gasteiger partial charge in [0.1, 0.15) is 0 Å². The van der Waals surface area contributed by atoms with Crippen LogP contribution in [0.15, 0.2) is 0 Å². The number of esters is 1. The summed E-state index contributed by atoms with van der Waals surface area (Å²) >= 11 is 0. The van der Waals surface area contributed by atoms with Crippen LogP contribution in [0.3, 0.4) is 0 Å². The summed E-state index contributed by atoms with van der Waals surface area (Å²) in [5.41, 5.74) is 0. The summed E-state index contributed by atoms with van der Waals surface area (Å²) in [6.45, 7) is 2.69. The Morgan fingerprint density at radius 3 is 1.29 bits per heavy atom. The molecule has 4 nitrogen and oxygen atoms in total. The maximum Gasteiger partial charge on any atom is 0.305 e. The fraction of sp³-hybridized carbons (Fsp3) is 0.917. The average molecular weight is 399 g/mol. The van der Waals surface area contributed by atoms with E-state index in [2.05, 4.69) is 6.92 Å². The van der Waals surface area contributed by atoms with Gasteiger partial charge in [-0.2, -0.15) is 0 Å². The molecule has 0 aromatic heterocycles. The molecule has 0 bridgehead atoms. The van der Waals surface area contributed by atoms with Gasteiger partial charge in [-0.25, -0.2) is 0 Å². The Hall–Kier alpha value is -1.06. The normalized spacial score (nSPS) is 10.9. The molecule has 0 saturated heterocycles. The maximum absolute atomic E-state index is 11.5. The van der Waals surface area contributed by atoms with E-state index in [9.17, 15) is 9.59 Å². The van der Waals surface area contributed by atoms with E-state index in [1.165, 1.54) is 77.0 Å². The molecule has 0 rings (SSSR count). The quantitative estimate of drug-likeness (QED) is 0.152. The van der Waals surface area contributed by atoms with Crippen molar-refractivity contribution in [2.45, 2.75) is 135 Å². The van der Waals surface area contributed by atoms with Crippen molar-refractivity contribution in [3.05, 3.63) is 0 Å². The van der Waals surface area contributed by atoms with Crippen LogP contribution in [-0.4, -0.2) is 23.7 Å². The summed E-state index contributed by atoms with van der Waals surface area (Å²) in [4.78, 5) is 21.9. The molecule has 0 radical (unpaired) electrons. The smallest absolute Gasteiger partial charge is 0.305 e. The van der Waals surface area contributed by atoms with E-state index in [1.54, 1.807) is 0 Å². The minimum atomic E-state index is -0.667. The molecule has 0 aliphatic rings. The van der Waals surface area contributed by atoms with Crippen molar-refractivity contribution in [2.24, 2.45) is 0 Å². The highest BCUT2D eigenvalue weighted by atomic mass is 16.5. The van der Waals surface area contributed by atoms with Gasteiger partial charge in [0.05, 0.1) is 6.61 Å². The molecule has 0 spiro atoms. The summed E-state index contributed by atoms with van der Waals surface area (Å²) in [5, 5.41) is 8.57. The predicted molar refractivity (Wildman–Crippen MR) is 117 cm³/mol. The van der Waals surface area contributed by atoms with E-state index >= 15 is 0 Å². The molecule has 0 heterocycles. The lowest BCUT2D eigenvalue weighted by molar-refractivity contribution is -0.144. The SMILES string of the molecule is CCCCOC(=O)CCCCCCCCCCCCCCCCCCC(=O)O. The number of carbonyl (C=O) groups excluding carboxylic acids is 1. The Labute approximate surface area is 173 Å². The summed E-state index contributed by atoms with van der Waals surface area (Å²) in [6, 6.07) is 0. The van der Waals surface area contributed by atoms with Gasteiger partial charge in [-0.15, -0.1) is 0 Å². The number of hydrogen-bond donors (Lipinski definition) is 1.